The fourth-order valence-electron chi connectivity index (χ4n) is 0.859. The minimum atomic E-state index is 0.371. The molecule has 0 bridgehead atoms. The van der Waals surface area contributed by atoms with Crippen molar-refractivity contribution in [3.8, 4) is 6.07 Å². The first kappa shape index (κ1) is 9.31. The third-order valence-corrected chi connectivity index (χ3v) is 1.74. The van der Waals surface area contributed by atoms with Crippen molar-refractivity contribution >= 4 is 23.2 Å². The van der Waals surface area contributed by atoms with Gasteiger partial charge in [0.25, 0.3) is 0 Å². The van der Waals surface area contributed by atoms with E-state index in [1.807, 2.05) is 6.07 Å². The molecule has 0 aliphatic rings. The topological polar surface area (TPSA) is 36.7 Å². The summed E-state index contributed by atoms with van der Waals surface area (Å²) in [7, 11) is 0. The number of nitrogens with zero attached hydrogens (tertiary/aromatic N) is 2. The van der Waals surface area contributed by atoms with Gasteiger partial charge in [-0.15, -0.1) is 0 Å². The quantitative estimate of drug-likeness (QED) is 0.689. The van der Waals surface area contributed by atoms with Crippen LogP contribution in [0.1, 0.15) is 12.0 Å². The minimum Gasteiger partial charge on any atom is -0.224 e. The first-order valence-electron chi connectivity index (χ1n) is 3.41. The smallest absolute Gasteiger partial charge is 0.131 e. The molecule has 1 aromatic heterocycles. The van der Waals surface area contributed by atoms with Crippen LogP contribution in [0.25, 0.3) is 0 Å². The van der Waals surface area contributed by atoms with Gasteiger partial charge >= 0.3 is 0 Å². The lowest BCUT2D eigenvalue weighted by molar-refractivity contribution is 1.00. The fourth-order valence-corrected chi connectivity index (χ4v) is 1.36. The van der Waals surface area contributed by atoms with Crippen LogP contribution in [0.2, 0.25) is 10.3 Å². The van der Waals surface area contributed by atoms with E-state index in [1.54, 1.807) is 12.1 Å². The highest BCUT2D eigenvalue weighted by atomic mass is 35.5. The van der Waals surface area contributed by atoms with Gasteiger partial charge in [0.1, 0.15) is 10.3 Å². The SMILES string of the molecule is N#CCCc1cc(Cl)nc(Cl)c1. The van der Waals surface area contributed by atoms with Gasteiger partial charge in [0.2, 0.25) is 0 Å². The molecule has 0 aromatic carbocycles. The Morgan fingerprint density at radius 3 is 2.42 bits per heavy atom. The maximum atomic E-state index is 8.33. The van der Waals surface area contributed by atoms with E-state index in [2.05, 4.69) is 4.98 Å². The zero-order chi connectivity index (χ0) is 8.97. The van der Waals surface area contributed by atoms with E-state index < -0.39 is 0 Å². The van der Waals surface area contributed by atoms with Gasteiger partial charge in [-0.1, -0.05) is 23.2 Å². The van der Waals surface area contributed by atoms with Gasteiger partial charge in [0.15, 0.2) is 0 Å². The summed E-state index contributed by atoms with van der Waals surface area (Å²) in [6.07, 6.45) is 1.13. The molecule has 0 N–H and O–H groups in total. The first-order chi connectivity index (χ1) is 5.72. The maximum absolute atomic E-state index is 8.33. The fraction of sp³-hybridized carbons (Fsp3) is 0.250. The average molecular weight is 201 g/mol. The van der Waals surface area contributed by atoms with E-state index in [0.29, 0.717) is 23.1 Å². The van der Waals surface area contributed by atoms with Crippen molar-refractivity contribution in [3.63, 3.8) is 0 Å². The molecule has 0 fully saturated rings. The molecule has 0 amide bonds. The number of halogens is 2. The van der Waals surface area contributed by atoms with E-state index >= 15 is 0 Å². The zero-order valence-corrected chi connectivity index (χ0v) is 7.73. The van der Waals surface area contributed by atoms with Gasteiger partial charge in [-0.2, -0.15) is 5.26 Å². The molecule has 12 heavy (non-hydrogen) atoms. The molecular formula is C8H6Cl2N2. The number of hydrogen-bond acceptors (Lipinski definition) is 2. The second-order valence-corrected chi connectivity index (χ2v) is 3.05. The summed E-state index contributed by atoms with van der Waals surface area (Å²) in [5, 5.41) is 9.08. The summed E-state index contributed by atoms with van der Waals surface area (Å²) in [5.74, 6) is 0. The van der Waals surface area contributed by atoms with Gasteiger partial charge in [-0.25, -0.2) is 4.98 Å². The lowest BCUT2D eigenvalue weighted by atomic mass is 10.2. The van der Waals surface area contributed by atoms with Crippen LogP contribution in [-0.4, -0.2) is 4.98 Å². The molecule has 0 aliphatic carbocycles. The molecule has 0 atom stereocenters. The number of rotatable bonds is 2. The molecule has 62 valence electrons. The van der Waals surface area contributed by atoms with Crippen LogP contribution in [0, 0.1) is 11.3 Å². The van der Waals surface area contributed by atoms with Crippen molar-refractivity contribution in [2.24, 2.45) is 0 Å². The number of pyridine rings is 1. The summed E-state index contributed by atoms with van der Waals surface area (Å²) in [4.78, 5) is 3.79. The average Bonchev–Trinajstić information content (AvgIpc) is 1.99. The molecule has 0 saturated heterocycles. The molecule has 0 spiro atoms. The molecule has 0 saturated carbocycles. The number of nitriles is 1. The van der Waals surface area contributed by atoms with Crippen molar-refractivity contribution in [1.82, 2.24) is 4.98 Å². The van der Waals surface area contributed by atoms with Crippen molar-refractivity contribution in [3.05, 3.63) is 28.0 Å². The lowest BCUT2D eigenvalue weighted by Gasteiger charge is -1.98. The van der Waals surface area contributed by atoms with Gasteiger partial charge in [0, 0.05) is 6.42 Å². The molecule has 1 rings (SSSR count). The lowest BCUT2D eigenvalue weighted by Crippen LogP contribution is -1.86. The second kappa shape index (κ2) is 4.30. The molecule has 1 heterocycles. The Hall–Kier alpha value is -0.780. The predicted molar refractivity (Wildman–Crippen MR) is 48.2 cm³/mol. The molecule has 0 unspecified atom stereocenters. The van der Waals surface area contributed by atoms with Crippen molar-refractivity contribution in [2.45, 2.75) is 12.8 Å². The van der Waals surface area contributed by atoms with E-state index in [9.17, 15) is 0 Å². The van der Waals surface area contributed by atoms with Gasteiger partial charge in [-0.3, -0.25) is 0 Å². The van der Waals surface area contributed by atoms with Crippen LogP contribution < -0.4 is 0 Å². The third-order valence-electron chi connectivity index (χ3n) is 1.35. The Morgan fingerprint density at radius 1 is 1.33 bits per heavy atom. The van der Waals surface area contributed by atoms with E-state index in [4.69, 9.17) is 28.5 Å². The summed E-state index contributed by atoms with van der Waals surface area (Å²) >= 11 is 11.3. The van der Waals surface area contributed by atoms with Crippen LogP contribution in [-0.2, 0) is 6.42 Å². The van der Waals surface area contributed by atoms with Crippen LogP contribution in [0.5, 0.6) is 0 Å². The Labute approximate surface area is 80.7 Å². The summed E-state index contributed by atoms with van der Waals surface area (Å²) in [6, 6.07) is 5.47. The van der Waals surface area contributed by atoms with Gasteiger partial charge in [0.05, 0.1) is 6.07 Å². The molecule has 4 heteroatoms. The Kier molecular flexibility index (Phi) is 3.33. The number of aromatic nitrogens is 1. The van der Waals surface area contributed by atoms with Crippen molar-refractivity contribution in [2.75, 3.05) is 0 Å². The van der Waals surface area contributed by atoms with Crippen LogP contribution >= 0.6 is 23.2 Å². The predicted octanol–water partition coefficient (Wildman–Crippen LogP) is 2.84. The van der Waals surface area contributed by atoms with Crippen molar-refractivity contribution in [1.29, 1.82) is 5.26 Å². The van der Waals surface area contributed by atoms with Crippen LogP contribution in [0.15, 0.2) is 12.1 Å². The highest BCUT2D eigenvalue weighted by Crippen LogP contribution is 2.15. The number of aryl methyl sites for hydroxylation is 1. The molecule has 0 aliphatic heterocycles. The molecular weight excluding hydrogens is 195 g/mol. The normalized spacial score (nSPS) is 9.42. The largest absolute Gasteiger partial charge is 0.224 e. The van der Waals surface area contributed by atoms with Crippen LogP contribution in [0.3, 0.4) is 0 Å². The van der Waals surface area contributed by atoms with E-state index in [1.165, 1.54) is 0 Å². The van der Waals surface area contributed by atoms with E-state index in [0.717, 1.165) is 5.56 Å². The molecule has 1 aromatic rings. The second-order valence-electron chi connectivity index (χ2n) is 2.28. The Bertz CT molecular complexity index is 297. The van der Waals surface area contributed by atoms with Gasteiger partial charge in [-0.05, 0) is 24.1 Å². The minimum absolute atomic E-state index is 0.371. The first-order valence-corrected chi connectivity index (χ1v) is 4.17. The van der Waals surface area contributed by atoms with Gasteiger partial charge < -0.3 is 0 Å². The zero-order valence-electron chi connectivity index (χ0n) is 6.22. The highest BCUT2D eigenvalue weighted by molar-refractivity contribution is 6.32. The maximum Gasteiger partial charge on any atom is 0.131 e. The summed E-state index contributed by atoms with van der Waals surface area (Å²) in [6.45, 7) is 0. The third kappa shape index (κ3) is 2.69. The summed E-state index contributed by atoms with van der Waals surface area (Å²) in [5.41, 5.74) is 0.946. The van der Waals surface area contributed by atoms with E-state index in [-0.39, 0.29) is 0 Å². The Balaban J connectivity index is 2.80. The van der Waals surface area contributed by atoms with Crippen molar-refractivity contribution < 1.29 is 0 Å². The summed E-state index contributed by atoms with van der Waals surface area (Å²) < 4.78 is 0. The monoisotopic (exact) mass is 200 g/mol. The standard InChI is InChI=1S/C8H6Cl2N2/c9-7-4-6(2-1-3-11)5-8(10)12-7/h4-5H,1-2H2. The Morgan fingerprint density at radius 2 is 1.92 bits per heavy atom. The molecule has 0 radical (unpaired) electrons. The van der Waals surface area contributed by atoms with Crippen LogP contribution in [0.4, 0.5) is 0 Å². The molecule has 2 nitrogen and oxygen atoms in total. The highest BCUT2D eigenvalue weighted by Gasteiger charge is 1.98. The number of hydrogen-bond donors (Lipinski definition) is 0.